The van der Waals surface area contributed by atoms with Crippen LogP contribution in [0.25, 0.3) is 68.9 Å². The molecule has 0 N–H and O–H groups in total. The van der Waals surface area contributed by atoms with Crippen LogP contribution in [0.3, 0.4) is 0 Å². The van der Waals surface area contributed by atoms with E-state index in [-0.39, 0.29) is 12.6 Å². The van der Waals surface area contributed by atoms with E-state index in [1.807, 2.05) is 12.2 Å². The number of rotatable bonds is 11. The summed E-state index contributed by atoms with van der Waals surface area (Å²) in [4.78, 5) is 5.23. The molecule has 2 atom stereocenters. The normalized spacial score (nSPS) is 16.4. The van der Waals surface area contributed by atoms with Crippen molar-refractivity contribution >= 4 is 76.0 Å². The molecule has 2 unspecified atom stereocenters. The molecule has 0 fully saturated rings. The molecule has 366 valence electrons. The van der Waals surface area contributed by atoms with Gasteiger partial charge in [0.15, 0.2) is 0 Å². The van der Waals surface area contributed by atoms with E-state index >= 15 is 0 Å². The van der Waals surface area contributed by atoms with Crippen LogP contribution in [-0.2, 0) is 0 Å². The van der Waals surface area contributed by atoms with E-state index in [1.54, 1.807) is 0 Å². The van der Waals surface area contributed by atoms with Gasteiger partial charge in [-0.05, 0) is 101 Å². The number of allylic oxidation sites excluding steroid dienone is 13. The highest BCUT2D eigenvalue weighted by atomic mass is 15.2. The lowest BCUT2D eigenvalue weighted by atomic mass is 9.33. The Hall–Kier alpha value is -9.12. The molecule has 1 aromatic heterocycles. The van der Waals surface area contributed by atoms with Gasteiger partial charge in [0.05, 0.1) is 28.5 Å². The predicted molar refractivity (Wildman–Crippen MR) is 330 cm³/mol. The van der Waals surface area contributed by atoms with Gasteiger partial charge in [0, 0.05) is 56.1 Å². The molecule has 7 aromatic carbocycles. The van der Waals surface area contributed by atoms with Crippen molar-refractivity contribution in [3.63, 3.8) is 0 Å². The average Bonchev–Trinajstić information content (AvgIpc) is 3.73. The van der Waals surface area contributed by atoms with Crippen molar-refractivity contribution in [2.75, 3.05) is 9.80 Å². The van der Waals surface area contributed by atoms with Crippen LogP contribution in [-0.4, -0.2) is 11.3 Å². The van der Waals surface area contributed by atoms with Crippen molar-refractivity contribution in [2.45, 2.75) is 27.7 Å². The molecule has 3 heterocycles. The van der Waals surface area contributed by atoms with E-state index in [2.05, 4.69) is 298 Å². The van der Waals surface area contributed by atoms with Crippen molar-refractivity contribution < 1.29 is 0 Å². The monoisotopic (exact) mass is 977 g/mol. The molecule has 0 amide bonds. The summed E-state index contributed by atoms with van der Waals surface area (Å²) in [6, 6.07) is 60.5. The Morgan fingerprint density at radius 1 is 0.487 bits per heavy atom. The number of fused-ring (bicyclic) bond motifs is 3. The van der Waals surface area contributed by atoms with Gasteiger partial charge in [-0.1, -0.05) is 246 Å². The minimum atomic E-state index is -0.122. The molecule has 4 aliphatic rings. The van der Waals surface area contributed by atoms with Crippen molar-refractivity contribution in [3.05, 3.63) is 283 Å². The van der Waals surface area contributed by atoms with Crippen LogP contribution in [0.2, 0.25) is 0 Å². The highest BCUT2D eigenvalue weighted by molar-refractivity contribution is 6.95. The third kappa shape index (κ3) is 8.09. The van der Waals surface area contributed by atoms with Crippen molar-refractivity contribution in [1.82, 2.24) is 4.57 Å². The zero-order valence-corrected chi connectivity index (χ0v) is 43.7. The topological polar surface area (TPSA) is 11.4 Å². The SMILES string of the molecule is C=Cc1c(C=C)c(/C=C\C)n(-c2cc3c4c(c2)N(c2c(-c5ccccc5)cccc2-c2ccccc2)c2ccccc2B4C2=C(C=CC(C)C=C2)N3c2c(C3=CC=CC(C)C=C3)cccc2-c2ccccc2)c1/C=C\C. The Morgan fingerprint density at radius 3 is 1.54 bits per heavy atom. The zero-order chi connectivity index (χ0) is 51.9. The summed E-state index contributed by atoms with van der Waals surface area (Å²) in [5.74, 6) is 0.502. The van der Waals surface area contributed by atoms with Gasteiger partial charge in [-0.3, -0.25) is 0 Å². The van der Waals surface area contributed by atoms with Gasteiger partial charge in [-0.25, -0.2) is 0 Å². The van der Waals surface area contributed by atoms with E-state index in [9.17, 15) is 0 Å². The van der Waals surface area contributed by atoms with Crippen LogP contribution in [0.15, 0.2) is 255 Å². The summed E-state index contributed by atoms with van der Waals surface area (Å²) < 4.78 is 2.43. The van der Waals surface area contributed by atoms with Crippen molar-refractivity contribution in [1.29, 1.82) is 0 Å². The molecule has 0 bridgehead atoms. The van der Waals surface area contributed by atoms with Gasteiger partial charge in [0.2, 0.25) is 0 Å². The van der Waals surface area contributed by atoms with Gasteiger partial charge < -0.3 is 14.4 Å². The van der Waals surface area contributed by atoms with Crippen LogP contribution in [0, 0.1) is 11.8 Å². The highest BCUT2D eigenvalue weighted by Crippen LogP contribution is 2.53. The van der Waals surface area contributed by atoms with Crippen LogP contribution < -0.4 is 20.7 Å². The molecule has 8 aromatic rings. The first-order valence-corrected chi connectivity index (χ1v) is 26.7. The average molecular weight is 978 g/mol. The first kappa shape index (κ1) is 47.9. The fourth-order valence-corrected chi connectivity index (χ4v) is 12.0. The molecule has 12 rings (SSSR count). The second kappa shape index (κ2) is 20.3. The zero-order valence-electron chi connectivity index (χ0n) is 43.7. The Bertz CT molecular complexity index is 3750. The van der Waals surface area contributed by atoms with Gasteiger partial charge >= 0.3 is 0 Å². The molecule has 76 heavy (non-hydrogen) atoms. The van der Waals surface area contributed by atoms with E-state index in [0.717, 1.165) is 107 Å². The summed E-state index contributed by atoms with van der Waals surface area (Å²) in [6.07, 6.45) is 33.7. The smallest absolute Gasteiger partial charge is 0.252 e. The first-order valence-electron chi connectivity index (χ1n) is 26.7. The van der Waals surface area contributed by atoms with Gasteiger partial charge in [-0.2, -0.15) is 0 Å². The standard InChI is InChI=1S/C72H60BN3/c1-7-25-64-56(9-3)57(10-4)65(26-8-2)74(64)55-47-68-70-69(48-55)76(72-60(53-32-18-13-19-33-53)37-24-38-61(72)54-34-22-27-49(5)41-44-54)67-46-43-50(6)42-45-63(67)73(70)62-39-20-21-40-66(62)75(68)71-58(51-28-14-11-15-29-51)35-23-36-59(71)52-30-16-12-17-31-52/h7-50H,3-4H2,1-2,5-6H3/b25-7-,26-8-. The fraction of sp³-hybridized carbons (Fsp3) is 0.0833. The first-order chi connectivity index (χ1) is 37.4. The Balaban J connectivity index is 1.30. The Labute approximate surface area is 449 Å². The van der Waals surface area contributed by atoms with Gasteiger partial charge in [0.25, 0.3) is 6.71 Å². The van der Waals surface area contributed by atoms with Crippen molar-refractivity contribution in [3.8, 4) is 39.1 Å². The lowest BCUT2D eigenvalue weighted by molar-refractivity contribution is 0.941. The van der Waals surface area contributed by atoms with Crippen molar-refractivity contribution in [2.24, 2.45) is 11.8 Å². The number of nitrogens with zero attached hydrogens (tertiary/aromatic N) is 3. The van der Waals surface area contributed by atoms with E-state index in [0.29, 0.717) is 5.92 Å². The van der Waals surface area contributed by atoms with Gasteiger partial charge in [-0.15, -0.1) is 0 Å². The maximum atomic E-state index is 4.41. The molecule has 0 radical (unpaired) electrons. The summed E-state index contributed by atoms with van der Waals surface area (Å²) in [7, 11) is 0. The summed E-state index contributed by atoms with van der Waals surface area (Å²) in [6.45, 7) is 17.4. The fourth-order valence-electron chi connectivity index (χ4n) is 12.0. The van der Waals surface area contributed by atoms with Crippen LogP contribution in [0.5, 0.6) is 0 Å². The molecule has 2 aliphatic heterocycles. The minimum absolute atomic E-state index is 0.122. The van der Waals surface area contributed by atoms with Crippen LogP contribution in [0.4, 0.5) is 28.4 Å². The lowest BCUT2D eigenvalue weighted by Gasteiger charge is -2.46. The van der Waals surface area contributed by atoms with E-state index in [1.165, 1.54) is 16.4 Å². The molecule has 0 saturated carbocycles. The van der Waals surface area contributed by atoms with Gasteiger partial charge in [0.1, 0.15) is 0 Å². The molecule has 4 heteroatoms. The number of hydrogen-bond donors (Lipinski definition) is 0. The minimum Gasteiger partial charge on any atom is -0.310 e. The number of para-hydroxylation sites is 3. The number of benzene rings is 7. The molecule has 0 spiro atoms. The third-order valence-electron chi connectivity index (χ3n) is 15.4. The predicted octanol–water partition coefficient (Wildman–Crippen LogP) is 18.1. The third-order valence-corrected chi connectivity index (χ3v) is 15.4. The van der Waals surface area contributed by atoms with Crippen LogP contribution >= 0.6 is 0 Å². The Kier molecular flexibility index (Phi) is 12.8. The molecular weight excluding hydrogens is 918 g/mol. The largest absolute Gasteiger partial charge is 0.310 e. The van der Waals surface area contributed by atoms with E-state index in [4.69, 9.17) is 0 Å². The highest BCUT2D eigenvalue weighted by Gasteiger charge is 2.46. The molecule has 3 nitrogen and oxygen atoms in total. The second-order valence-electron chi connectivity index (χ2n) is 20.0. The maximum absolute atomic E-state index is 4.41. The summed E-state index contributed by atoms with van der Waals surface area (Å²) >= 11 is 0. The number of aromatic nitrogens is 1. The maximum Gasteiger partial charge on any atom is 0.252 e. The Morgan fingerprint density at radius 2 is 0.974 bits per heavy atom. The molecular formula is C72H60BN3. The second-order valence-corrected chi connectivity index (χ2v) is 20.0. The quantitative estimate of drug-likeness (QED) is 0.120. The summed E-state index contributed by atoms with van der Waals surface area (Å²) in [5, 5.41) is 0. The molecule has 0 saturated heterocycles. The van der Waals surface area contributed by atoms with E-state index < -0.39 is 0 Å². The van der Waals surface area contributed by atoms with Crippen LogP contribution in [0.1, 0.15) is 55.8 Å². The number of anilines is 5. The lowest BCUT2D eigenvalue weighted by Crippen LogP contribution is -2.56. The summed E-state index contributed by atoms with van der Waals surface area (Å²) in [5.41, 5.74) is 24.9. The molecule has 2 aliphatic carbocycles. The number of hydrogen-bond acceptors (Lipinski definition) is 2.